The Morgan fingerprint density at radius 3 is 2.34 bits per heavy atom. The molecule has 9 rings (SSSR count). The molecule has 0 bridgehead atoms. The molecule has 6 aromatic rings. The summed E-state index contributed by atoms with van der Waals surface area (Å²) in [5.41, 5.74) is 6.41. The van der Waals surface area contributed by atoms with Crippen LogP contribution in [0.4, 0.5) is 23.2 Å². The fourth-order valence-corrected chi connectivity index (χ4v) is 11.4. The molecule has 436 valence electrons. The van der Waals surface area contributed by atoms with Gasteiger partial charge in [-0.3, -0.25) is 43.5 Å². The number of ether oxygens (including phenoxy) is 3. The number of rotatable bonds is 23. The molecule has 5 amide bonds. The number of esters is 1. The normalized spacial score (nSPS) is 17.2. The molecular weight excluding hydrogens is 1110 g/mol. The number of carbonyl (C=O) groups is 6. The van der Waals surface area contributed by atoms with Crippen molar-refractivity contribution in [1.29, 1.82) is 0 Å². The van der Waals surface area contributed by atoms with Crippen molar-refractivity contribution < 1.29 is 69.0 Å². The number of alkyl halides is 2. The number of hydrogen-bond donors (Lipinski definition) is 4. The van der Waals surface area contributed by atoms with E-state index in [9.17, 15) is 54.7 Å². The number of carbonyl (C=O) groups excluding carboxylic acids is 6. The van der Waals surface area contributed by atoms with E-state index in [0.29, 0.717) is 47.9 Å². The Kier molecular flexibility index (Phi) is 18.3. The van der Waals surface area contributed by atoms with Gasteiger partial charge in [0.05, 0.1) is 44.5 Å². The first-order chi connectivity index (χ1) is 39.7. The summed E-state index contributed by atoms with van der Waals surface area (Å²) in [6.45, 7) is 1.80. The number of nitrogens with zero attached hydrogens (tertiary/aromatic N) is 5. The van der Waals surface area contributed by atoms with Crippen LogP contribution in [-0.2, 0) is 74.4 Å². The number of likely N-dealkylation sites (tertiary alicyclic amines) is 1. The highest BCUT2D eigenvalue weighted by Crippen LogP contribution is 2.37. The number of sulfonamides is 1. The summed E-state index contributed by atoms with van der Waals surface area (Å²) >= 11 is 0. The van der Waals surface area contributed by atoms with Crippen LogP contribution in [0.3, 0.4) is 0 Å². The maximum absolute atomic E-state index is 14.5. The Hall–Kier alpha value is -8.58. The Morgan fingerprint density at radius 2 is 1.60 bits per heavy atom. The molecule has 0 unspecified atom stereocenters. The minimum atomic E-state index is -4.51. The van der Waals surface area contributed by atoms with Crippen LogP contribution in [0.5, 0.6) is 5.88 Å². The molecular formula is C58H59F4N9O11S. The lowest BCUT2D eigenvalue weighted by Gasteiger charge is -2.24. The third-order valence-corrected chi connectivity index (χ3v) is 15.9. The molecule has 2 saturated heterocycles. The largest absolute Gasteiger partial charge is 0.480 e. The Bertz CT molecular complexity index is 3580. The van der Waals surface area contributed by atoms with Crippen LogP contribution < -0.4 is 25.4 Å². The maximum Gasteiger partial charge on any atom is 0.308 e. The first-order valence-corrected chi connectivity index (χ1v) is 28.2. The molecule has 0 radical (unpaired) electrons. The first-order valence-electron chi connectivity index (χ1n) is 26.7. The maximum atomic E-state index is 14.5. The van der Waals surface area contributed by atoms with Gasteiger partial charge in [-0.05, 0) is 90.0 Å². The molecule has 4 N–H and O–H groups in total. The lowest BCUT2D eigenvalue weighted by Crippen LogP contribution is -2.46. The summed E-state index contributed by atoms with van der Waals surface area (Å²) < 4.78 is 101. The van der Waals surface area contributed by atoms with Gasteiger partial charge in [0.2, 0.25) is 35.4 Å². The highest BCUT2D eigenvalue weighted by molar-refractivity contribution is 7.92. The van der Waals surface area contributed by atoms with Crippen LogP contribution in [0.2, 0.25) is 0 Å². The first kappa shape index (κ1) is 59.1. The van der Waals surface area contributed by atoms with E-state index in [1.54, 1.807) is 48.5 Å². The van der Waals surface area contributed by atoms with Gasteiger partial charge >= 0.3 is 5.97 Å². The number of amides is 5. The lowest BCUT2D eigenvalue weighted by molar-refractivity contribution is -0.146. The van der Waals surface area contributed by atoms with Crippen molar-refractivity contribution in [3.8, 4) is 28.1 Å². The Balaban J connectivity index is 0.649. The second-order valence-electron chi connectivity index (χ2n) is 20.4. The van der Waals surface area contributed by atoms with Crippen molar-refractivity contribution in [3.05, 3.63) is 131 Å². The molecule has 20 nitrogen and oxygen atoms in total. The zero-order valence-corrected chi connectivity index (χ0v) is 46.0. The van der Waals surface area contributed by atoms with Gasteiger partial charge in [0.15, 0.2) is 0 Å². The number of pyridine rings is 3. The molecule has 2 fully saturated rings. The van der Waals surface area contributed by atoms with Crippen molar-refractivity contribution in [3.63, 3.8) is 0 Å². The summed E-state index contributed by atoms with van der Waals surface area (Å²) in [6.07, 6.45) is 4.76. The van der Waals surface area contributed by atoms with Gasteiger partial charge in [-0.2, -0.15) is 0 Å². The number of aryl methyl sites for hydroxylation is 1. The topological polar surface area (TPSA) is 258 Å². The summed E-state index contributed by atoms with van der Waals surface area (Å²) in [5.74, 6) is -8.38. The van der Waals surface area contributed by atoms with Crippen molar-refractivity contribution in [1.82, 2.24) is 40.7 Å². The molecule has 6 heterocycles. The summed E-state index contributed by atoms with van der Waals surface area (Å²) in [6, 6.07) is 18.4. The van der Waals surface area contributed by atoms with Crippen LogP contribution in [0.15, 0.2) is 102 Å². The van der Waals surface area contributed by atoms with E-state index >= 15 is 0 Å². The molecule has 25 heteroatoms. The quantitative estimate of drug-likeness (QED) is 0.0319. The minimum Gasteiger partial charge on any atom is -0.480 e. The summed E-state index contributed by atoms with van der Waals surface area (Å²) in [5, 5.41) is 8.84. The second kappa shape index (κ2) is 25.7. The monoisotopic (exact) mass is 1170 g/mol. The van der Waals surface area contributed by atoms with Gasteiger partial charge in [0.25, 0.3) is 15.9 Å². The van der Waals surface area contributed by atoms with Gasteiger partial charge in [-0.15, -0.1) is 0 Å². The molecule has 3 aromatic heterocycles. The van der Waals surface area contributed by atoms with Crippen LogP contribution in [0.25, 0.3) is 33.2 Å². The fourth-order valence-electron chi connectivity index (χ4n) is 10.3. The SMILES string of the molecule is COc1ncc(-c2ccc3nccc(-c4ccc(COC(=O)CCOCCC(=O)NCCNC(=O)CCc5cccc6c5CN(C(=O)C[C@@H]5C[C@@H](C(=O)N7CC(F)(F)C[C@H]7C)NC5=O)C6)nc4)c3c2)cc1NS(=O)(=O)c1ccc(F)cc1F. The van der Waals surface area contributed by atoms with Crippen molar-refractivity contribution >= 4 is 62.1 Å². The molecule has 3 aliphatic heterocycles. The standard InChI is InChI=1S/C58H59F4N9O11S/c1-34-27-58(61,62)33-71(34)57(77)49-23-39(55(76)68-49)25-53(74)70-30-38-5-3-4-35(45(38)31-70)8-13-51(72)64-18-19-65-52(73)15-20-81-21-16-54(75)82-32-42-10-6-37(28-66-42)43-14-17-63-47-11-7-36(22-44(43)47)40-24-48(56(80-2)67-29-40)69-83(78,79)50-12-9-41(59)26-46(50)60/h3-7,9-12,14,17,22,24,26,28-29,34,39,49,69H,8,13,15-16,18-21,23,25,27,30-33H2,1-2H3,(H,64,72)(H,65,73)(H,68,76)/t34-,39+,49+/m1/s1. The molecule has 0 aliphatic carbocycles. The van der Waals surface area contributed by atoms with E-state index in [-0.39, 0.29) is 94.3 Å². The third kappa shape index (κ3) is 14.6. The van der Waals surface area contributed by atoms with Crippen LogP contribution >= 0.6 is 0 Å². The third-order valence-electron chi connectivity index (χ3n) is 14.5. The number of halogens is 4. The van der Waals surface area contributed by atoms with Gasteiger partial charge in [-0.1, -0.05) is 30.3 Å². The van der Waals surface area contributed by atoms with Crippen LogP contribution in [0.1, 0.15) is 67.8 Å². The fraction of sp³-hybridized carbons (Fsp3) is 0.362. The predicted octanol–water partition coefficient (Wildman–Crippen LogP) is 6.14. The predicted molar refractivity (Wildman–Crippen MR) is 292 cm³/mol. The van der Waals surface area contributed by atoms with E-state index in [0.717, 1.165) is 50.2 Å². The van der Waals surface area contributed by atoms with Crippen LogP contribution in [-0.4, -0.2) is 127 Å². The number of nitrogens with one attached hydrogen (secondary N) is 4. The zero-order valence-electron chi connectivity index (χ0n) is 45.2. The average Bonchev–Trinajstić information content (AvgIpc) is 4.05. The van der Waals surface area contributed by atoms with E-state index < -0.39 is 81.2 Å². The Labute approximate surface area is 474 Å². The second-order valence-corrected chi connectivity index (χ2v) is 22.1. The van der Waals surface area contributed by atoms with Crippen LogP contribution in [0, 0.1) is 17.6 Å². The van der Waals surface area contributed by atoms with Crippen molar-refractivity contribution in [2.45, 2.75) is 94.5 Å². The molecule has 3 atom stereocenters. The van der Waals surface area contributed by atoms with E-state index in [1.807, 2.05) is 30.3 Å². The lowest BCUT2D eigenvalue weighted by atomic mass is 9.98. The minimum absolute atomic E-state index is 0.0143. The number of benzene rings is 3. The Morgan fingerprint density at radius 1 is 0.843 bits per heavy atom. The highest BCUT2D eigenvalue weighted by atomic mass is 32.2. The summed E-state index contributed by atoms with van der Waals surface area (Å²) in [7, 11) is -3.22. The molecule has 0 spiro atoms. The zero-order chi connectivity index (χ0) is 59.0. The number of methoxy groups -OCH3 is 1. The molecule has 3 aliphatic rings. The van der Waals surface area contributed by atoms with E-state index in [1.165, 1.54) is 19.4 Å². The number of hydrogen-bond acceptors (Lipinski definition) is 14. The number of fused-ring (bicyclic) bond motifs is 2. The van der Waals surface area contributed by atoms with E-state index in [4.69, 9.17) is 14.2 Å². The molecule has 83 heavy (non-hydrogen) atoms. The molecule has 0 saturated carbocycles. The smallest absolute Gasteiger partial charge is 0.308 e. The average molecular weight is 1170 g/mol. The number of anilines is 1. The summed E-state index contributed by atoms with van der Waals surface area (Å²) in [4.78, 5) is 92.0. The van der Waals surface area contributed by atoms with Crippen molar-refractivity contribution in [2.24, 2.45) is 5.92 Å². The van der Waals surface area contributed by atoms with Gasteiger partial charge in [0.1, 0.15) is 34.9 Å². The molecule has 3 aromatic carbocycles. The van der Waals surface area contributed by atoms with E-state index in [2.05, 4.69) is 35.6 Å². The van der Waals surface area contributed by atoms with Gasteiger partial charge < -0.3 is 40.0 Å². The van der Waals surface area contributed by atoms with Gasteiger partial charge in [0, 0.05) is 105 Å². The van der Waals surface area contributed by atoms with Crippen molar-refractivity contribution in [2.75, 3.05) is 44.7 Å². The number of aromatic nitrogens is 3. The van der Waals surface area contributed by atoms with Gasteiger partial charge in [-0.25, -0.2) is 31.0 Å². The highest BCUT2D eigenvalue weighted by Gasteiger charge is 2.48.